The number of aryl methyl sites for hydroxylation is 1. The standard InChI is InChI=1S/C15H17NO/c1-2-13-5-7-15(8-6-13)17-11-9-14-4-3-10-16-12-14/h3-8,10,12H,2,9,11H2,1H3. The maximum atomic E-state index is 5.68. The molecule has 0 fully saturated rings. The van der Waals surface area contributed by atoms with E-state index >= 15 is 0 Å². The lowest BCUT2D eigenvalue weighted by Crippen LogP contribution is -2.01. The molecule has 0 saturated carbocycles. The van der Waals surface area contributed by atoms with E-state index < -0.39 is 0 Å². The van der Waals surface area contributed by atoms with E-state index in [1.54, 1.807) is 6.20 Å². The zero-order valence-electron chi connectivity index (χ0n) is 10.1. The largest absolute Gasteiger partial charge is 0.493 e. The van der Waals surface area contributed by atoms with Crippen LogP contribution in [0.15, 0.2) is 48.8 Å². The van der Waals surface area contributed by atoms with Crippen molar-refractivity contribution < 1.29 is 4.74 Å². The highest BCUT2D eigenvalue weighted by molar-refractivity contribution is 5.27. The van der Waals surface area contributed by atoms with Crippen LogP contribution in [0.3, 0.4) is 0 Å². The Balaban J connectivity index is 1.82. The second-order valence-corrected chi connectivity index (χ2v) is 3.96. The summed E-state index contributed by atoms with van der Waals surface area (Å²) in [6, 6.07) is 12.3. The summed E-state index contributed by atoms with van der Waals surface area (Å²) >= 11 is 0. The van der Waals surface area contributed by atoms with Crippen molar-refractivity contribution in [2.75, 3.05) is 6.61 Å². The molecule has 0 radical (unpaired) electrons. The molecule has 2 nitrogen and oxygen atoms in total. The summed E-state index contributed by atoms with van der Waals surface area (Å²) in [7, 11) is 0. The highest BCUT2D eigenvalue weighted by atomic mass is 16.5. The Bertz CT molecular complexity index is 436. The first-order valence-corrected chi connectivity index (χ1v) is 5.99. The van der Waals surface area contributed by atoms with Crippen LogP contribution in [0, 0.1) is 0 Å². The number of aromatic nitrogens is 1. The van der Waals surface area contributed by atoms with Crippen molar-refractivity contribution in [3.05, 3.63) is 59.9 Å². The van der Waals surface area contributed by atoms with Crippen molar-refractivity contribution in [2.45, 2.75) is 19.8 Å². The van der Waals surface area contributed by atoms with E-state index in [0.717, 1.165) is 18.6 Å². The van der Waals surface area contributed by atoms with Crippen LogP contribution in [-0.4, -0.2) is 11.6 Å². The smallest absolute Gasteiger partial charge is 0.119 e. The van der Waals surface area contributed by atoms with Crippen molar-refractivity contribution in [1.29, 1.82) is 0 Å². The molecule has 17 heavy (non-hydrogen) atoms. The summed E-state index contributed by atoms with van der Waals surface area (Å²) in [4.78, 5) is 4.08. The average Bonchev–Trinajstić information content (AvgIpc) is 2.41. The topological polar surface area (TPSA) is 22.1 Å². The second kappa shape index (κ2) is 6.04. The molecule has 0 bridgehead atoms. The van der Waals surface area contributed by atoms with Gasteiger partial charge < -0.3 is 4.74 Å². The summed E-state index contributed by atoms with van der Waals surface area (Å²) in [5.41, 5.74) is 2.54. The van der Waals surface area contributed by atoms with Gasteiger partial charge in [0.05, 0.1) is 6.61 Å². The molecule has 2 heteroatoms. The van der Waals surface area contributed by atoms with Gasteiger partial charge in [-0.1, -0.05) is 25.1 Å². The van der Waals surface area contributed by atoms with Crippen LogP contribution in [0.2, 0.25) is 0 Å². The monoisotopic (exact) mass is 227 g/mol. The molecule has 0 aliphatic heterocycles. The highest BCUT2D eigenvalue weighted by Crippen LogP contribution is 2.12. The average molecular weight is 227 g/mol. The third-order valence-corrected chi connectivity index (χ3v) is 2.71. The van der Waals surface area contributed by atoms with Gasteiger partial charge in [0.1, 0.15) is 5.75 Å². The van der Waals surface area contributed by atoms with E-state index in [9.17, 15) is 0 Å². The predicted octanol–water partition coefficient (Wildman–Crippen LogP) is 3.27. The Hall–Kier alpha value is -1.83. The van der Waals surface area contributed by atoms with Gasteiger partial charge in [-0.05, 0) is 35.7 Å². The molecule has 2 aromatic rings. The molecule has 88 valence electrons. The van der Waals surface area contributed by atoms with Crippen LogP contribution in [0.5, 0.6) is 5.75 Å². The Morgan fingerprint density at radius 2 is 1.88 bits per heavy atom. The van der Waals surface area contributed by atoms with Crippen LogP contribution in [0.4, 0.5) is 0 Å². The van der Waals surface area contributed by atoms with Gasteiger partial charge in [-0.3, -0.25) is 4.98 Å². The molecule has 0 unspecified atom stereocenters. The quantitative estimate of drug-likeness (QED) is 0.782. The minimum atomic E-state index is 0.692. The van der Waals surface area contributed by atoms with Gasteiger partial charge >= 0.3 is 0 Å². The molecule has 1 aromatic heterocycles. The third kappa shape index (κ3) is 3.59. The molecule has 0 atom stereocenters. The molecule has 1 heterocycles. The molecule has 0 N–H and O–H groups in total. The van der Waals surface area contributed by atoms with Crippen LogP contribution in [0.1, 0.15) is 18.1 Å². The van der Waals surface area contributed by atoms with Crippen molar-refractivity contribution in [1.82, 2.24) is 4.98 Å². The van der Waals surface area contributed by atoms with Gasteiger partial charge in [-0.15, -0.1) is 0 Å². The van der Waals surface area contributed by atoms with E-state index in [1.165, 1.54) is 11.1 Å². The second-order valence-electron chi connectivity index (χ2n) is 3.96. The molecule has 0 saturated heterocycles. The van der Waals surface area contributed by atoms with E-state index in [1.807, 2.05) is 24.4 Å². The lowest BCUT2D eigenvalue weighted by Gasteiger charge is -2.06. The van der Waals surface area contributed by atoms with Crippen molar-refractivity contribution in [3.8, 4) is 5.75 Å². The Labute approximate surface area is 102 Å². The fraction of sp³-hybridized carbons (Fsp3) is 0.267. The zero-order valence-corrected chi connectivity index (χ0v) is 10.1. The van der Waals surface area contributed by atoms with Crippen LogP contribution in [0.25, 0.3) is 0 Å². The molecular weight excluding hydrogens is 210 g/mol. The van der Waals surface area contributed by atoms with Gasteiger partial charge in [-0.2, -0.15) is 0 Å². The number of hydrogen-bond donors (Lipinski definition) is 0. The molecule has 0 aliphatic carbocycles. The summed E-state index contributed by atoms with van der Waals surface area (Å²) in [6.07, 6.45) is 5.62. The molecule has 0 amide bonds. The summed E-state index contributed by atoms with van der Waals surface area (Å²) < 4.78 is 5.68. The van der Waals surface area contributed by atoms with Crippen molar-refractivity contribution in [2.24, 2.45) is 0 Å². The number of hydrogen-bond acceptors (Lipinski definition) is 2. The number of pyridine rings is 1. The minimum absolute atomic E-state index is 0.692. The van der Waals surface area contributed by atoms with Gasteiger partial charge in [0.2, 0.25) is 0 Å². The third-order valence-electron chi connectivity index (χ3n) is 2.71. The zero-order chi connectivity index (χ0) is 11.9. The van der Waals surface area contributed by atoms with Crippen LogP contribution in [-0.2, 0) is 12.8 Å². The Kier molecular flexibility index (Phi) is 4.14. The van der Waals surface area contributed by atoms with Crippen LogP contribution >= 0.6 is 0 Å². The first-order chi connectivity index (χ1) is 8.38. The number of rotatable bonds is 5. The molecule has 0 aliphatic rings. The van der Waals surface area contributed by atoms with Gasteiger partial charge in [0.15, 0.2) is 0 Å². The minimum Gasteiger partial charge on any atom is -0.493 e. The number of benzene rings is 1. The van der Waals surface area contributed by atoms with E-state index in [0.29, 0.717) is 6.61 Å². The lowest BCUT2D eigenvalue weighted by molar-refractivity contribution is 0.321. The highest BCUT2D eigenvalue weighted by Gasteiger charge is 1.96. The SMILES string of the molecule is CCc1ccc(OCCc2cccnc2)cc1. The maximum Gasteiger partial charge on any atom is 0.119 e. The first kappa shape index (κ1) is 11.6. The van der Waals surface area contributed by atoms with Gasteiger partial charge in [-0.25, -0.2) is 0 Å². The van der Waals surface area contributed by atoms with E-state index in [-0.39, 0.29) is 0 Å². The Morgan fingerprint density at radius 1 is 1.06 bits per heavy atom. The molecule has 2 rings (SSSR count). The van der Waals surface area contributed by atoms with Gasteiger partial charge in [0, 0.05) is 18.8 Å². The lowest BCUT2D eigenvalue weighted by atomic mass is 10.2. The maximum absolute atomic E-state index is 5.68. The predicted molar refractivity (Wildman–Crippen MR) is 69.3 cm³/mol. The van der Waals surface area contributed by atoms with E-state index in [2.05, 4.69) is 30.1 Å². The molecule has 0 spiro atoms. The summed E-state index contributed by atoms with van der Waals surface area (Å²) in [5.74, 6) is 0.936. The normalized spacial score (nSPS) is 10.2. The molecular formula is C15H17NO. The molecule has 1 aromatic carbocycles. The van der Waals surface area contributed by atoms with Crippen molar-refractivity contribution >= 4 is 0 Å². The fourth-order valence-corrected chi connectivity index (χ4v) is 1.65. The van der Waals surface area contributed by atoms with E-state index in [4.69, 9.17) is 4.74 Å². The first-order valence-electron chi connectivity index (χ1n) is 5.99. The summed E-state index contributed by atoms with van der Waals surface area (Å²) in [6.45, 7) is 2.84. The number of ether oxygens (including phenoxy) is 1. The fourth-order valence-electron chi connectivity index (χ4n) is 1.65. The van der Waals surface area contributed by atoms with Gasteiger partial charge in [0.25, 0.3) is 0 Å². The Morgan fingerprint density at radius 3 is 2.53 bits per heavy atom. The van der Waals surface area contributed by atoms with Crippen LogP contribution < -0.4 is 4.74 Å². The number of nitrogens with zero attached hydrogens (tertiary/aromatic N) is 1. The van der Waals surface area contributed by atoms with Crippen molar-refractivity contribution in [3.63, 3.8) is 0 Å². The summed E-state index contributed by atoms with van der Waals surface area (Å²) in [5, 5.41) is 0.